The number of nitrogens with zero attached hydrogens (tertiary/aromatic N) is 3. The SMILES string of the molecule is Cl.c1cncc(-c2cc(CN3CCC4(CCNC4)C3)[nH]n2)c1. The zero-order chi connectivity index (χ0) is 14.1. The minimum absolute atomic E-state index is 0. The van der Waals surface area contributed by atoms with Crippen molar-refractivity contribution in [2.24, 2.45) is 5.41 Å². The van der Waals surface area contributed by atoms with Gasteiger partial charge < -0.3 is 5.32 Å². The van der Waals surface area contributed by atoms with Crippen molar-refractivity contribution >= 4 is 12.4 Å². The van der Waals surface area contributed by atoms with Crippen molar-refractivity contribution < 1.29 is 0 Å². The van der Waals surface area contributed by atoms with Crippen LogP contribution in [0.3, 0.4) is 0 Å². The molecule has 0 saturated carbocycles. The second kappa shape index (κ2) is 6.36. The molecule has 0 bridgehead atoms. The molecular formula is C16H22ClN5. The molecule has 2 saturated heterocycles. The quantitative estimate of drug-likeness (QED) is 0.909. The van der Waals surface area contributed by atoms with Crippen LogP contribution in [0.1, 0.15) is 18.5 Å². The zero-order valence-electron chi connectivity index (χ0n) is 12.6. The molecule has 1 spiro atoms. The van der Waals surface area contributed by atoms with Gasteiger partial charge in [-0.1, -0.05) is 0 Å². The summed E-state index contributed by atoms with van der Waals surface area (Å²) in [5.74, 6) is 0. The maximum atomic E-state index is 4.41. The smallest absolute Gasteiger partial charge is 0.0939 e. The van der Waals surface area contributed by atoms with Crippen molar-refractivity contribution in [3.8, 4) is 11.3 Å². The number of hydrogen-bond donors (Lipinski definition) is 2. The molecule has 2 N–H and O–H groups in total. The number of halogens is 1. The summed E-state index contributed by atoms with van der Waals surface area (Å²) in [6.07, 6.45) is 6.29. The first-order valence-electron chi connectivity index (χ1n) is 7.71. The minimum Gasteiger partial charge on any atom is -0.316 e. The van der Waals surface area contributed by atoms with Crippen LogP contribution in [0.2, 0.25) is 0 Å². The summed E-state index contributed by atoms with van der Waals surface area (Å²) >= 11 is 0. The normalized spacial score (nSPS) is 24.7. The van der Waals surface area contributed by atoms with Gasteiger partial charge in [-0.15, -0.1) is 12.4 Å². The molecule has 0 aliphatic carbocycles. The molecule has 1 unspecified atom stereocenters. The molecule has 118 valence electrons. The molecule has 2 aliphatic heterocycles. The number of likely N-dealkylation sites (tertiary alicyclic amines) is 1. The minimum atomic E-state index is 0. The molecule has 5 nitrogen and oxygen atoms in total. The number of H-pyrrole nitrogens is 1. The van der Waals surface area contributed by atoms with Crippen LogP contribution in [-0.4, -0.2) is 46.3 Å². The predicted molar refractivity (Wildman–Crippen MR) is 88.9 cm³/mol. The molecule has 0 amide bonds. The van der Waals surface area contributed by atoms with E-state index in [1.54, 1.807) is 6.20 Å². The van der Waals surface area contributed by atoms with Crippen molar-refractivity contribution in [2.45, 2.75) is 19.4 Å². The molecule has 2 aliphatic rings. The van der Waals surface area contributed by atoms with E-state index in [2.05, 4.69) is 31.5 Å². The van der Waals surface area contributed by atoms with E-state index in [1.807, 2.05) is 18.3 Å². The van der Waals surface area contributed by atoms with Gasteiger partial charge in [-0.05, 0) is 49.5 Å². The highest BCUT2D eigenvalue weighted by Gasteiger charge is 2.40. The topological polar surface area (TPSA) is 56.8 Å². The lowest BCUT2D eigenvalue weighted by molar-refractivity contribution is 0.266. The Morgan fingerprint density at radius 2 is 2.27 bits per heavy atom. The average molecular weight is 320 g/mol. The van der Waals surface area contributed by atoms with Gasteiger partial charge in [0.1, 0.15) is 0 Å². The van der Waals surface area contributed by atoms with E-state index in [4.69, 9.17) is 0 Å². The molecule has 2 aromatic rings. The first-order chi connectivity index (χ1) is 10.3. The number of aromatic nitrogens is 3. The molecule has 0 radical (unpaired) electrons. The summed E-state index contributed by atoms with van der Waals surface area (Å²) in [6, 6.07) is 6.14. The predicted octanol–water partition coefficient (Wildman–Crippen LogP) is 2.08. The number of pyridine rings is 1. The van der Waals surface area contributed by atoms with E-state index in [1.165, 1.54) is 44.7 Å². The summed E-state index contributed by atoms with van der Waals surface area (Å²) < 4.78 is 0. The summed E-state index contributed by atoms with van der Waals surface area (Å²) in [4.78, 5) is 6.70. The van der Waals surface area contributed by atoms with Crippen LogP contribution < -0.4 is 5.32 Å². The number of nitrogens with one attached hydrogen (secondary N) is 2. The zero-order valence-corrected chi connectivity index (χ0v) is 13.4. The largest absolute Gasteiger partial charge is 0.316 e. The van der Waals surface area contributed by atoms with Gasteiger partial charge in [-0.25, -0.2) is 0 Å². The van der Waals surface area contributed by atoms with Crippen LogP contribution >= 0.6 is 12.4 Å². The van der Waals surface area contributed by atoms with Gasteiger partial charge in [0.15, 0.2) is 0 Å². The highest BCUT2D eigenvalue weighted by molar-refractivity contribution is 5.85. The van der Waals surface area contributed by atoms with Crippen molar-refractivity contribution in [3.63, 3.8) is 0 Å². The Morgan fingerprint density at radius 3 is 3.05 bits per heavy atom. The third-order valence-corrected chi connectivity index (χ3v) is 4.83. The van der Waals surface area contributed by atoms with E-state index in [0.29, 0.717) is 5.41 Å². The number of rotatable bonds is 3. The number of hydrogen-bond acceptors (Lipinski definition) is 4. The van der Waals surface area contributed by atoms with Crippen LogP contribution in [0.4, 0.5) is 0 Å². The number of aromatic amines is 1. The Kier molecular flexibility index (Phi) is 4.47. The highest BCUT2D eigenvalue weighted by atomic mass is 35.5. The highest BCUT2D eigenvalue weighted by Crippen LogP contribution is 2.36. The van der Waals surface area contributed by atoms with Crippen LogP contribution in [0, 0.1) is 5.41 Å². The summed E-state index contributed by atoms with van der Waals surface area (Å²) in [6.45, 7) is 5.75. The van der Waals surface area contributed by atoms with Crippen LogP contribution in [-0.2, 0) is 6.54 Å². The van der Waals surface area contributed by atoms with Gasteiger partial charge in [0.05, 0.1) is 5.69 Å². The van der Waals surface area contributed by atoms with Crippen molar-refractivity contribution in [2.75, 3.05) is 26.2 Å². The van der Waals surface area contributed by atoms with E-state index in [0.717, 1.165) is 17.8 Å². The average Bonchev–Trinajstić information content (AvgIpc) is 3.24. The Labute approximate surface area is 136 Å². The molecule has 4 heterocycles. The lowest BCUT2D eigenvalue weighted by Gasteiger charge is -2.22. The Hall–Kier alpha value is -1.43. The fourth-order valence-corrected chi connectivity index (χ4v) is 3.65. The van der Waals surface area contributed by atoms with E-state index < -0.39 is 0 Å². The third kappa shape index (κ3) is 3.02. The Balaban J connectivity index is 0.00000144. The van der Waals surface area contributed by atoms with Crippen molar-refractivity contribution in [1.29, 1.82) is 0 Å². The molecule has 0 aromatic carbocycles. The maximum Gasteiger partial charge on any atom is 0.0939 e. The summed E-state index contributed by atoms with van der Waals surface area (Å²) in [7, 11) is 0. The van der Waals surface area contributed by atoms with Crippen LogP contribution in [0.25, 0.3) is 11.3 Å². The van der Waals surface area contributed by atoms with Gasteiger partial charge in [0.2, 0.25) is 0 Å². The second-order valence-electron chi connectivity index (χ2n) is 6.41. The molecule has 6 heteroatoms. The standard InChI is InChI=1S/C16H21N5.ClH/c1-2-13(9-17-5-1)15-8-14(19-20-15)10-21-7-4-16(12-21)3-6-18-11-16;/h1-2,5,8-9,18H,3-4,6-7,10-12H2,(H,19,20);1H. The van der Waals surface area contributed by atoms with E-state index >= 15 is 0 Å². The first kappa shape index (κ1) is 15.5. The first-order valence-corrected chi connectivity index (χ1v) is 7.71. The van der Waals surface area contributed by atoms with Gasteiger partial charge in [0.25, 0.3) is 0 Å². The molecule has 2 fully saturated rings. The Bertz CT molecular complexity index is 606. The molecule has 4 rings (SSSR count). The maximum absolute atomic E-state index is 4.41. The van der Waals surface area contributed by atoms with Crippen LogP contribution in [0.5, 0.6) is 0 Å². The van der Waals surface area contributed by atoms with E-state index in [9.17, 15) is 0 Å². The van der Waals surface area contributed by atoms with Crippen molar-refractivity contribution in [1.82, 2.24) is 25.4 Å². The molecular weight excluding hydrogens is 298 g/mol. The Morgan fingerprint density at radius 1 is 1.32 bits per heavy atom. The third-order valence-electron chi connectivity index (χ3n) is 4.83. The lowest BCUT2D eigenvalue weighted by Crippen LogP contribution is -2.29. The monoisotopic (exact) mass is 319 g/mol. The van der Waals surface area contributed by atoms with Crippen molar-refractivity contribution in [3.05, 3.63) is 36.3 Å². The van der Waals surface area contributed by atoms with Gasteiger partial charge in [0, 0.05) is 43.3 Å². The fraction of sp³-hybridized carbons (Fsp3) is 0.500. The second-order valence-corrected chi connectivity index (χ2v) is 6.41. The summed E-state index contributed by atoms with van der Waals surface area (Å²) in [5, 5.41) is 11.1. The van der Waals surface area contributed by atoms with Gasteiger partial charge >= 0.3 is 0 Å². The van der Waals surface area contributed by atoms with Gasteiger partial charge in [-0.2, -0.15) is 5.10 Å². The van der Waals surface area contributed by atoms with E-state index in [-0.39, 0.29) is 12.4 Å². The van der Waals surface area contributed by atoms with Gasteiger partial charge in [-0.3, -0.25) is 15.0 Å². The summed E-state index contributed by atoms with van der Waals surface area (Å²) in [5.41, 5.74) is 3.77. The fourth-order valence-electron chi connectivity index (χ4n) is 3.65. The van der Waals surface area contributed by atoms with Crippen LogP contribution in [0.15, 0.2) is 30.6 Å². The molecule has 2 aromatic heterocycles. The molecule has 1 atom stereocenters. The molecule has 22 heavy (non-hydrogen) atoms. The lowest BCUT2D eigenvalue weighted by atomic mass is 9.87.